The third-order valence-electron chi connectivity index (χ3n) is 3.13. The second kappa shape index (κ2) is 5.50. The molecule has 0 aliphatic carbocycles. The molecule has 2 aromatic carbocycles. The molecule has 3 nitrogen and oxygen atoms in total. The van der Waals surface area contributed by atoms with Crippen LogP contribution in [0, 0.1) is 10.6 Å². The van der Waals surface area contributed by atoms with Gasteiger partial charge in [0.05, 0.1) is 28.4 Å². The number of nitrogens with one attached hydrogen (secondary N) is 1. The zero-order valence-electron chi connectivity index (χ0n) is 11.2. The molecule has 0 fully saturated rings. The molecule has 108 valence electrons. The van der Waals surface area contributed by atoms with E-state index in [4.69, 9.17) is 28.6 Å². The third-order valence-corrected chi connectivity index (χ3v) is 3.70. The van der Waals surface area contributed by atoms with Crippen LogP contribution < -0.4 is 4.74 Å². The number of hydrogen-bond donors (Lipinski definition) is 1. The number of ether oxygens (including phenoxy) is 1. The SMILES string of the molecule is CCOc1ccccc1-n1c(=S)[nH]c2cc(F)c(Cl)cc21. The van der Waals surface area contributed by atoms with E-state index >= 15 is 0 Å². The van der Waals surface area contributed by atoms with Crippen LogP contribution in [0.5, 0.6) is 5.75 Å². The van der Waals surface area contributed by atoms with Gasteiger partial charge in [-0.2, -0.15) is 0 Å². The van der Waals surface area contributed by atoms with Crippen molar-refractivity contribution in [2.45, 2.75) is 6.92 Å². The Balaban J connectivity index is 2.33. The average Bonchev–Trinajstić information content (AvgIpc) is 2.76. The quantitative estimate of drug-likeness (QED) is 0.696. The summed E-state index contributed by atoms with van der Waals surface area (Å²) in [5.41, 5.74) is 2.09. The topological polar surface area (TPSA) is 29.9 Å². The standard InChI is InChI=1S/C15H12ClFN2OS/c1-2-20-14-6-4-3-5-12(14)19-13-7-9(16)10(17)8-11(13)18-15(19)21/h3-8H,2H2,1H3,(H,18,21). The van der Waals surface area contributed by atoms with E-state index in [0.717, 1.165) is 5.69 Å². The maximum Gasteiger partial charge on any atom is 0.182 e. The molecular formula is C15H12ClFN2OS. The Morgan fingerprint density at radius 3 is 2.86 bits per heavy atom. The average molecular weight is 323 g/mol. The van der Waals surface area contributed by atoms with E-state index < -0.39 is 5.82 Å². The first-order chi connectivity index (χ1) is 10.1. The fourth-order valence-corrected chi connectivity index (χ4v) is 2.73. The van der Waals surface area contributed by atoms with E-state index in [1.807, 2.05) is 31.2 Å². The first kappa shape index (κ1) is 14.1. The highest BCUT2D eigenvalue weighted by molar-refractivity contribution is 7.71. The Kier molecular flexibility index (Phi) is 3.69. The fourth-order valence-electron chi connectivity index (χ4n) is 2.26. The number of benzene rings is 2. The lowest BCUT2D eigenvalue weighted by Crippen LogP contribution is -2.00. The van der Waals surface area contributed by atoms with Gasteiger partial charge < -0.3 is 9.72 Å². The minimum atomic E-state index is -0.481. The summed E-state index contributed by atoms with van der Waals surface area (Å²) in [5.74, 6) is 0.225. The molecule has 3 aromatic rings. The summed E-state index contributed by atoms with van der Waals surface area (Å²) in [4.78, 5) is 2.99. The number of H-pyrrole nitrogens is 1. The van der Waals surface area contributed by atoms with Gasteiger partial charge in [0, 0.05) is 6.07 Å². The molecule has 0 saturated carbocycles. The summed E-state index contributed by atoms with van der Waals surface area (Å²) >= 11 is 11.2. The maximum absolute atomic E-state index is 13.6. The van der Waals surface area contributed by atoms with Crippen LogP contribution in [0.3, 0.4) is 0 Å². The van der Waals surface area contributed by atoms with Gasteiger partial charge in [0.1, 0.15) is 11.6 Å². The summed E-state index contributed by atoms with van der Waals surface area (Å²) in [5, 5.41) is 0.0548. The molecule has 0 unspecified atom stereocenters. The van der Waals surface area contributed by atoms with E-state index in [1.165, 1.54) is 6.07 Å². The molecule has 1 N–H and O–H groups in total. The molecular weight excluding hydrogens is 311 g/mol. The van der Waals surface area contributed by atoms with Crippen molar-refractivity contribution in [3.05, 3.63) is 52.0 Å². The molecule has 1 heterocycles. The van der Waals surface area contributed by atoms with Crippen LogP contribution in [0.2, 0.25) is 5.02 Å². The van der Waals surface area contributed by atoms with Crippen LogP contribution in [0.15, 0.2) is 36.4 Å². The molecule has 21 heavy (non-hydrogen) atoms. The molecule has 0 spiro atoms. The number of fused-ring (bicyclic) bond motifs is 1. The number of hydrogen-bond acceptors (Lipinski definition) is 2. The second-order valence-electron chi connectivity index (χ2n) is 4.45. The Hall–Kier alpha value is -1.85. The number of aromatic amines is 1. The minimum absolute atomic E-state index is 0.0548. The number of para-hydroxylation sites is 2. The van der Waals surface area contributed by atoms with Gasteiger partial charge in [0.15, 0.2) is 4.77 Å². The third kappa shape index (κ3) is 2.43. The first-order valence-electron chi connectivity index (χ1n) is 6.43. The van der Waals surface area contributed by atoms with Gasteiger partial charge in [-0.15, -0.1) is 0 Å². The smallest absolute Gasteiger partial charge is 0.182 e. The van der Waals surface area contributed by atoms with E-state index in [9.17, 15) is 4.39 Å². The highest BCUT2D eigenvalue weighted by Gasteiger charge is 2.13. The van der Waals surface area contributed by atoms with Crippen molar-refractivity contribution in [2.24, 2.45) is 0 Å². The largest absolute Gasteiger partial charge is 0.492 e. The van der Waals surface area contributed by atoms with E-state index in [0.29, 0.717) is 28.2 Å². The predicted octanol–water partition coefficient (Wildman–Crippen LogP) is 4.88. The number of imidazole rings is 1. The zero-order chi connectivity index (χ0) is 15.0. The minimum Gasteiger partial charge on any atom is -0.492 e. The Bertz CT molecular complexity index is 872. The number of nitrogens with zero attached hydrogens (tertiary/aromatic N) is 1. The molecule has 0 radical (unpaired) electrons. The van der Waals surface area contributed by atoms with Gasteiger partial charge in [-0.3, -0.25) is 4.57 Å². The van der Waals surface area contributed by atoms with Gasteiger partial charge in [0.2, 0.25) is 0 Å². The van der Waals surface area contributed by atoms with E-state index in [2.05, 4.69) is 4.98 Å². The normalized spacial score (nSPS) is 11.0. The summed E-state index contributed by atoms with van der Waals surface area (Å²) in [6.07, 6.45) is 0. The first-order valence-corrected chi connectivity index (χ1v) is 7.22. The monoisotopic (exact) mass is 322 g/mol. The van der Waals surface area contributed by atoms with Gasteiger partial charge in [-0.05, 0) is 37.3 Å². The van der Waals surface area contributed by atoms with Gasteiger partial charge in [-0.1, -0.05) is 23.7 Å². The van der Waals surface area contributed by atoms with Crippen molar-refractivity contribution in [2.75, 3.05) is 6.61 Å². The molecule has 3 rings (SSSR count). The Labute approximate surface area is 130 Å². The van der Waals surface area contributed by atoms with Crippen LogP contribution in [-0.4, -0.2) is 16.2 Å². The van der Waals surface area contributed by atoms with Crippen molar-refractivity contribution < 1.29 is 9.13 Å². The highest BCUT2D eigenvalue weighted by atomic mass is 35.5. The fraction of sp³-hybridized carbons (Fsp3) is 0.133. The number of aromatic nitrogens is 2. The van der Waals surface area contributed by atoms with Crippen molar-refractivity contribution in [3.63, 3.8) is 0 Å². The Morgan fingerprint density at radius 1 is 1.33 bits per heavy atom. The van der Waals surface area contributed by atoms with Crippen LogP contribution in [0.4, 0.5) is 4.39 Å². The molecule has 0 atom stereocenters. The molecule has 0 aliphatic heterocycles. The summed E-state index contributed by atoms with van der Waals surface area (Å²) in [6, 6.07) is 10.4. The summed E-state index contributed by atoms with van der Waals surface area (Å²) < 4.78 is 21.5. The summed E-state index contributed by atoms with van der Waals surface area (Å²) in [7, 11) is 0. The van der Waals surface area contributed by atoms with Crippen molar-refractivity contribution in [1.29, 1.82) is 0 Å². The lowest BCUT2D eigenvalue weighted by molar-refractivity contribution is 0.339. The lowest BCUT2D eigenvalue weighted by Gasteiger charge is -2.11. The van der Waals surface area contributed by atoms with Crippen LogP contribution in [0.1, 0.15) is 6.92 Å². The lowest BCUT2D eigenvalue weighted by atomic mass is 10.2. The highest BCUT2D eigenvalue weighted by Crippen LogP contribution is 2.29. The molecule has 0 amide bonds. The molecule has 0 bridgehead atoms. The molecule has 6 heteroatoms. The van der Waals surface area contributed by atoms with E-state index in [1.54, 1.807) is 10.6 Å². The van der Waals surface area contributed by atoms with Gasteiger partial charge in [0.25, 0.3) is 0 Å². The second-order valence-corrected chi connectivity index (χ2v) is 5.24. The zero-order valence-corrected chi connectivity index (χ0v) is 12.8. The number of rotatable bonds is 3. The molecule has 0 saturated heterocycles. The Morgan fingerprint density at radius 2 is 2.10 bits per heavy atom. The van der Waals surface area contributed by atoms with Crippen LogP contribution in [-0.2, 0) is 0 Å². The van der Waals surface area contributed by atoms with Gasteiger partial charge >= 0.3 is 0 Å². The van der Waals surface area contributed by atoms with Crippen molar-refractivity contribution in [1.82, 2.24) is 9.55 Å². The van der Waals surface area contributed by atoms with E-state index in [-0.39, 0.29) is 5.02 Å². The predicted molar refractivity (Wildman–Crippen MR) is 84.6 cm³/mol. The van der Waals surface area contributed by atoms with Crippen molar-refractivity contribution >= 4 is 34.9 Å². The van der Waals surface area contributed by atoms with Crippen LogP contribution >= 0.6 is 23.8 Å². The molecule has 0 aliphatic rings. The van der Waals surface area contributed by atoms with Gasteiger partial charge in [-0.25, -0.2) is 4.39 Å². The van der Waals surface area contributed by atoms with Crippen LogP contribution in [0.25, 0.3) is 16.7 Å². The van der Waals surface area contributed by atoms with Crippen molar-refractivity contribution in [3.8, 4) is 11.4 Å². The summed E-state index contributed by atoms with van der Waals surface area (Å²) in [6.45, 7) is 2.46. The molecule has 1 aromatic heterocycles. The maximum atomic E-state index is 13.6. The number of halogens is 2.